The van der Waals surface area contributed by atoms with Gasteiger partial charge in [-0.2, -0.15) is 0 Å². The molecule has 0 bridgehead atoms. The summed E-state index contributed by atoms with van der Waals surface area (Å²) in [4.78, 5) is 23.8. The van der Waals surface area contributed by atoms with Crippen molar-refractivity contribution in [2.75, 3.05) is 5.32 Å². The van der Waals surface area contributed by atoms with Crippen molar-refractivity contribution in [3.8, 4) is 0 Å². The molecule has 0 aromatic heterocycles. The Morgan fingerprint density at radius 2 is 1.54 bits per heavy atom. The van der Waals surface area contributed by atoms with E-state index in [1.165, 1.54) is 0 Å². The maximum Gasteiger partial charge on any atom is 0.249 e. The molecule has 5 nitrogen and oxygen atoms in total. The maximum atomic E-state index is 12.1. The zero-order valence-electron chi connectivity index (χ0n) is 15.5. The molecule has 26 heavy (non-hydrogen) atoms. The fourth-order valence-corrected chi connectivity index (χ4v) is 2.20. The van der Waals surface area contributed by atoms with E-state index >= 15 is 0 Å². The van der Waals surface area contributed by atoms with Crippen LogP contribution < -0.4 is 10.6 Å². The van der Waals surface area contributed by atoms with E-state index in [1.54, 1.807) is 6.92 Å². The van der Waals surface area contributed by atoms with Gasteiger partial charge in [-0.25, -0.2) is 0 Å². The molecule has 0 aliphatic heterocycles. The highest BCUT2D eigenvalue weighted by atomic mass is 16.5. The number of carbonyl (C=O) groups is 2. The van der Waals surface area contributed by atoms with Crippen molar-refractivity contribution in [3.05, 3.63) is 65.7 Å². The second kappa shape index (κ2) is 9.73. The molecule has 0 aliphatic rings. The van der Waals surface area contributed by atoms with Crippen LogP contribution in [0.1, 0.15) is 31.9 Å². The fourth-order valence-electron chi connectivity index (χ4n) is 2.20. The van der Waals surface area contributed by atoms with Gasteiger partial charge < -0.3 is 15.4 Å². The van der Waals surface area contributed by atoms with Crippen LogP contribution in [0.2, 0.25) is 0 Å². The molecule has 0 saturated carbocycles. The minimum atomic E-state index is -0.528. The smallest absolute Gasteiger partial charge is 0.249 e. The molecular weight excluding hydrogens is 328 g/mol. The zero-order valence-corrected chi connectivity index (χ0v) is 15.5. The van der Waals surface area contributed by atoms with Gasteiger partial charge in [-0.1, -0.05) is 56.3 Å². The summed E-state index contributed by atoms with van der Waals surface area (Å²) in [6.45, 7) is 6.25. The number of nitrogens with one attached hydrogen (secondary N) is 2. The zero-order chi connectivity index (χ0) is 18.9. The normalized spacial score (nSPS) is 11.8. The van der Waals surface area contributed by atoms with Crippen molar-refractivity contribution >= 4 is 17.5 Å². The molecule has 2 rings (SSSR count). The maximum absolute atomic E-state index is 12.1. The van der Waals surface area contributed by atoms with Crippen molar-refractivity contribution < 1.29 is 14.3 Å². The Morgan fingerprint density at radius 3 is 2.15 bits per heavy atom. The molecule has 0 fully saturated rings. The average Bonchev–Trinajstić information content (AvgIpc) is 2.66. The molecular formula is C21H26N2O3. The van der Waals surface area contributed by atoms with Gasteiger partial charge in [-0.3, -0.25) is 9.59 Å². The van der Waals surface area contributed by atoms with Crippen LogP contribution in [0.25, 0.3) is 0 Å². The molecule has 0 unspecified atom stereocenters. The molecule has 2 amide bonds. The molecule has 2 aromatic rings. The van der Waals surface area contributed by atoms with Gasteiger partial charge in [-0.15, -0.1) is 0 Å². The minimum absolute atomic E-state index is 0.0181. The Bertz CT molecular complexity index is 712. The molecule has 5 heteroatoms. The number of hydrogen-bond donors (Lipinski definition) is 2. The van der Waals surface area contributed by atoms with Crippen LogP contribution in [-0.4, -0.2) is 17.9 Å². The first-order valence-electron chi connectivity index (χ1n) is 8.78. The van der Waals surface area contributed by atoms with E-state index in [4.69, 9.17) is 4.74 Å². The number of anilines is 1. The van der Waals surface area contributed by atoms with Crippen molar-refractivity contribution in [2.45, 2.75) is 40.0 Å². The van der Waals surface area contributed by atoms with E-state index in [0.717, 1.165) is 16.8 Å². The number of amides is 2. The van der Waals surface area contributed by atoms with Crippen LogP contribution in [0.5, 0.6) is 0 Å². The van der Waals surface area contributed by atoms with Crippen LogP contribution in [0.3, 0.4) is 0 Å². The largest absolute Gasteiger partial charge is 0.364 e. The van der Waals surface area contributed by atoms with Crippen molar-refractivity contribution in [2.24, 2.45) is 5.92 Å². The number of carbonyl (C=O) groups excluding carboxylic acids is 2. The van der Waals surface area contributed by atoms with E-state index < -0.39 is 6.10 Å². The minimum Gasteiger partial charge on any atom is -0.364 e. The second-order valence-electron chi connectivity index (χ2n) is 6.50. The summed E-state index contributed by atoms with van der Waals surface area (Å²) in [7, 11) is 0. The highest BCUT2D eigenvalue weighted by molar-refractivity contribution is 5.92. The molecule has 1 atom stereocenters. The van der Waals surface area contributed by atoms with Crippen LogP contribution in [-0.2, 0) is 27.5 Å². The van der Waals surface area contributed by atoms with E-state index in [9.17, 15) is 9.59 Å². The predicted octanol–water partition coefficient (Wildman–Crippen LogP) is 3.50. The van der Waals surface area contributed by atoms with Gasteiger partial charge in [0.1, 0.15) is 6.10 Å². The van der Waals surface area contributed by atoms with Crippen molar-refractivity contribution in [3.63, 3.8) is 0 Å². The molecule has 0 aliphatic carbocycles. The number of ether oxygens (including phenoxy) is 1. The Kier molecular flexibility index (Phi) is 7.36. The summed E-state index contributed by atoms with van der Waals surface area (Å²) in [5, 5.41) is 5.70. The highest BCUT2D eigenvalue weighted by Gasteiger charge is 2.13. The highest BCUT2D eigenvalue weighted by Crippen LogP contribution is 2.11. The molecule has 0 heterocycles. The number of hydrogen-bond acceptors (Lipinski definition) is 3. The van der Waals surface area contributed by atoms with Gasteiger partial charge >= 0.3 is 0 Å². The van der Waals surface area contributed by atoms with Crippen LogP contribution in [0.15, 0.2) is 54.6 Å². The molecule has 0 radical (unpaired) electrons. The lowest BCUT2D eigenvalue weighted by Gasteiger charge is -2.14. The van der Waals surface area contributed by atoms with Gasteiger partial charge in [-0.05, 0) is 30.2 Å². The summed E-state index contributed by atoms with van der Waals surface area (Å²) in [5.74, 6) is -0.236. The van der Waals surface area contributed by atoms with E-state index in [-0.39, 0.29) is 17.7 Å². The third-order valence-corrected chi connectivity index (χ3v) is 3.92. The Hall–Kier alpha value is -2.66. The molecule has 2 N–H and O–H groups in total. The molecule has 0 saturated heterocycles. The van der Waals surface area contributed by atoms with Gasteiger partial charge in [0.15, 0.2) is 0 Å². The molecule has 2 aromatic carbocycles. The van der Waals surface area contributed by atoms with Crippen LogP contribution >= 0.6 is 0 Å². The summed E-state index contributed by atoms with van der Waals surface area (Å²) in [5.41, 5.74) is 2.74. The monoisotopic (exact) mass is 354 g/mol. The van der Waals surface area contributed by atoms with Gasteiger partial charge in [0.25, 0.3) is 0 Å². The van der Waals surface area contributed by atoms with E-state index in [2.05, 4.69) is 10.6 Å². The first-order valence-corrected chi connectivity index (χ1v) is 8.78. The number of benzene rings is 2. The summed E-state index contributed by atoms with van der Waals surface area (Å²) in [6.07, 6.45) is -0.528. The lowest BCUT2D eigenvalue weighted by atomic mass is 10.1. The van der Waals surface area contributed by atoms with Crippen LogP contribution in [0.4, 0.5) is 5.69 Å². The standard InChI is InChI=1S/C21H26N2O3/c1-15(2)20(24)23-19-11-9-17(10-12-19)13-22-21(25)16(3)26-14-18-7-5-4-6-8-18/h4-12,15-16H,13-14H2,1-3H3,(H,22,25)(H,23,24)/t16-/m0/s1. The topological polar surface area (TPSA) is 67.4 Å². The van der Waals surface area contributed by atoms with Gasteiger partial charge in [0.2, 0.25) is 11.8 Å². The Labute approximate surface area is 154 Å². The SMILES string of the molecule is CC(C)C(=O)Nc1ccc(CNC(=O)[C@H](C)OCc2ccccc2)cc1. The van der Waals surface area contributed by atoms with Crippen LogP contribution in [0, 0.1) is 5.92 Å². The lowest BCUT2D eigenvalue weighted by Crippen LogP contribution is -2.34. The predicted molar refractivity (Wildman–Crippen MR) is 102 cm³/mol. The van der Waals surface area contributed by atoms with Crippen molar-refractivity contribution in [1.29, 1.82) is 0 Å². The van der Waals surface area contributed by atoms with E-state index in [1.807, 2.05) is 68.4 Å². The lowest BCUT2D eigenvalue weighted by molar-refractivity contribution is -0.132. The Balaban J connectivity index is 1.76. The fraction of sp³-hybridized carbons (Fsp3) is 0.333. The third kappa shape index (κ3) is 6.33. The summed E-state index contributed by atoms with van der Waals surface area (Å²) >= 11 is 0. The average molecular weight is 354 g/mol. The molecule has 0 spiro atoms. The van der Waals surface area contributed by atoms with E-state index in [0.29, 0.717) is 13.2 Å². The first kappa shape index (κ1) is 19.7. The van der Waals surface area contributed by atoms with Crippen molar-refractivity contribution in [1.82, 2.24) is 5.32 Å². The van der Waals surface area contributed by atoms with Gasteiger partial charge in [0, 0.05) is 18.2 Å². The summed E-state index contributed by atoms with van der Waals surface area (Å²) < 4.78 is 5.60. The quantitative estimate of drug-likeness (QED) is 0.762. The number of rotatable bonds is 8. The third-order valence-electron chi connectivity index (χ3n) is 3.92. The summed E-state index contributed by atoms with van der Waals surface area (Å²) in [6, 6.07) is 17.2. The Morgan fingerprint density at radius 1 is 0.885 bits per heavy atom. The second-order valence-corrected chi connectivity index (χ2v) is 6.50. The first-order chi connectivity index (χ1) is 12.5. The van der Waals surface area contributed by atoms with Gasteiger partial charge in [0.05, 0.1) is 6.61 Å². The molecule has 138 valence electrons.